The van der Waals surface area contributed by atoms with Crippen molar-refractivity contribution in [1.29, 1.82) is 0 Å². The summed E-state index contributed by atoms with van der Waals surface area (Å²) in [6.45, 7) is 1.30. The largest absolute Gasteiger partial charge is 0.416 e. The fourth-order valence-corrected chi connectivity index (χ4v) is 5.54. The molecule has 3 aromatic rings. The maximum Gasteiger partial charge on any atom is 0.416 e. The van der Waals surface area contributed by atoms with Crippen molar-refractivity contribution in [3.63, 3.8) is 0 Å². The molecule has 8 nitrogen and oxygen atoms in total. The molecule has 5 rings (SSSR count). The van der Waals surface area contributed by atoms with E-state index in [-0.39, 0.29) is 30.2 Å². The van der Waals surface area contributed by atoms with Gasteiger partial charge in [0, 0.05) is 36.6 Å². The predicted molar refractivity (Wildman–Crippen MR) is 135 cm³/mol. The molecule has 0 aliphatic carbocycles. The Labute approximate surface area is 221 Å². The van der Waals surface area contributed by atoms with Crippen molar-refractivity contribution in [3.8, 4) is 5.69 Å². The number of benzene rings is 2. The monoisotopic (exact) mass is 545 g/mol. The Morgan fingerprint density at radius 3 is 2.61 bits per heavy atom. The van der Waals surface area contributed by atoms with Gasteiger partial charge in [-0.3, -0.25) is 14.2 Å². The van der Waals surface area contributed by atoms with Gasteiger partial charge in [0.1, 0.15) is 0 Å². The van der Waals surface area contributed by atoms with Gasteiger partial charge in [-0.25, -0.2) is 0 Å². The quantitative estimate of drug-likeness (QED) is 0.416. The van der Waals surface area contributed by atoms with Crippen LogP contribution in [0, 0.1) is 0 Å². The van der Waals surface area contributed by atoms with E-state index in [1.807, 2.05) is 0 Å². The van der Waals surface area contributed by atoms with Crippen LogP contribution in [0.3, 0.4) is 0 Å². The molecule has 0 saturated carbocycles. The summed E-state index contributed by atoms with van der Waals surface area (Å²) in [6, 6.07) is 11.7. The maximum atomic E-state index is 13.4. The molecule has 2 saturated heterocycles. The van der Waals surface area contributed by atoms with Crippen molar-refractivity contribution in [3.05, 3.63) is 65.5 Å². The molecule has 1 aromatic heterocycles. The van der Waals surface area contributed by atoms with E-state index in [2.05, 4.69) is 15.5 Å². The summed E-state index contributed by atoms with van der Waals surface area (Å²) in [7, 11) is 0. The van der Waals surface area contributed by atoms with Crippen LogP contribution < -0.4 is 10.2 Å². The first-order valence-electron chi connectivity index (χ1n) is 12.3. The SMILES string of the molecule is O=C(NCc1nnc(SCC2CCCO2)n1-c1cccc(C(F)(F)F)c1)c1ccc(N2CCCC2=O)cc1. The van der Waals surface area contributed by atoms with Gasteiger partial charge < -0.3 is 15.0 Å². The number of carbonyl (C=O) groups is 2. The van der Waals surface area contributed by atoms with Crippen molar-refractivity contribution < 1.29 is 27.5 Å². The van der Waals surface area contributed by atoms with Crippen LogP contribution in [0.1, 0.15) is 47.4 Å². The van der Waals surface area contributed by atoms with Gasteiger partial charge >= 0.3 is 6.18 Å². The van der Waals surface area contributed by atoms with Crippen LogP contribution in [0.5, 0.6) is 0 Å². The van der Waals surface area contributed by atoms with Crippen LogP contribution in [0.15, 0.2) is 53.7 Å². The molecule has 2 amide bonds. The Morgan fingerprint density at radius 2 is 1.92 bits per heavy atom. The highest BCUT2D eigenvalue weighted by Crippen LogP contribution is 2.32. The van der Waals surface area contributed by atoms with E-state index in [1.54, 1.807) is 35.2 Å². The summed E-state index contributed by atoms with van der Waals surface area (Å²) in [6.07, 6.45) is -1.25. The number of anilines is 1. The average molecular weight is 546 g/mol. The van der Waals surface area contributed by atoms with Crippen molar-refractivity contribution in [1.82, 2.24) is 20.1 Å². The highest BCUT2D eigenvalue weighted by atomic mass is 32.2. The third-order valence-corrected chi connectivity index (χ3v) is 7.54. The minimum atomic E-state index is -4.50. The number of hydrogen-bond donors (Lipinski definition) is 1. The number of carbonyl (C=O) groups excluding carboxylic acids is 2. The molecule has 3 heterocycles. The molecule has 1 N–H and O–H groups in total. The van der Waals surface area contributed by atoms with Crippen molar-refractivity contribution in [2.75, 3.05) is 23.8 Å². The first kappa shape index (κ1) is 26.2. The maximum absolute atomic E-state index is 13.4. The van der Waals surface area contributed by atoms with E-state index >= 15 is 0 Å². The molecule has 12 heteroatoms. The molecule has 2 aromatic carbocycles. The van der Waals surface area contributed by atoms with Crippen LogP contribution in [0.4, 0.5) is 18.9 Å². The number of amides is 2. The molecule has 2 aliphatic heterocycles. The molecular formula is C26H26F3N5O3S. The molecule has 0 radical (unpaired) electrons. The second-order valence-electron chi connectivity index (χ2n) is 9.11. The lowest BCUT2D eigenvalue weighted by molar-refractivity contribution is -0.137. The van der Waals surface area contributed by atoms with E-state index in [4.69, 9.17) is 4.74 Å². The number of rotatable bonds is 8. The van der Waals surface area contributed by atoms with Crippen molar-refractivity contribution in [2.24, 2.45) is 0 Å². The number of hydrogen-bond acceptors (Lipinski definition) is 6. The molecule has 2 fully saturated rings. The van der Waals surface area contributed by atoms with Gasteiger partial charge in [-0.2, -0.15) is 13.2 Å². The summed E-state index contributed by atoms with van der Waals surface area (Å²) in [5.74, 6) is 0.572. The Hall–Kier alpha value is -3.38. The van der Waals surface area contributed by atoms with E-state index in [0.29, 0.717) is 41.9 Å². The summed E-state index contributed by atoms with van der Waals surface area (Å²) in [4.78, 5) is 26.5. The number of ether oxygens (including phenoxy) is 1. The Balaban J connectivity index is 1.34. The first-order chi connectivity index (χ1) is 18.3. The van der Waals surface area contributed by atoms with Gasteiger partial charge in [-0.05, 0) is 61.7 Å². The number of nitrogens with zero attached hydrogens (tertiary/aromatic N) is 4. The standard InChI is InChI=1S/C26H26F3N5O3S/c27-26(28,29)18-4-1-5-20(14-18)34-22(31-32-25(34)38-16-21-6-3-13-37-21)15-30-24(36)17-8-10-19(11-9-17)33-12-2-7-23(33)35/h1,4-5,8-11,14,21H,2-3,6-7,12-13,15-16H2,(H,30,36). The Bertz CT molecular complexity index is 1310. The van der Waals surface area contributed by atoms with Gasteiger partial charge in [0.2, 0.25) is 5.91 Å². The summed E-state index contributed by atoms with van der Waals surface area (Å²) < 4.78 is 47.4. The average Bonchev–Trinajstić information content (AvgIpc) is 3.67. The minimum absolute atomic E-state index is 0.0467. The van der Waals surface area contributed by atoms with Gasteiger partial charge in [0.25, 0.3) is 5.91 Å². The van der Waals surface area contributed by atoms with Crippen LogP contribution in [0.25, 0.3) is 5.69 Å². The molecule has 200 valence electrons. The summed E-state index contributed by atoms with van der Waals surface area (Å²) in [5, 5.41) is 11.6. The van der Waals surface area contributed by atoms with Crippen LogP contribution in [-0.2, 0) is 22.3 Å². The molecule has 0 spiro atoms. The number of nitrogens with one attached hydrogen (secondary N) is 1. The van der Waals surface area contributed by atoms with E-state index in [0.717, 1.165) is 37.1 Å². The highest BCUT2D eigenvalue weighted by Gasteiger charge is 2.31. The zero-order valence-electron chi connectivity index (χ0n) is 20.4. The second-order valence-corrected chi connectivity index (χ2v) is 10.1. The second kappa shape index (κ2) is 11.2. The Morgan fingerprint density at radius 1 is 1.11 bits per heavy atom. The number of thioether (sulfide) groups is 1. The van der Waals surface area contributed by atoms with Crippen LogP contribution in [-0.4, -0.2) is 51.6 Å². The topological polar surface area (TPSA) is 89.3 Å². The molecule has 1 unspecified atom stereocenters. The normalized spacial score (nSPS) is 17.8. The molecule has 2 aliphatic rings. The zero-order chi connectivity index (χ0) is 26.7. The fraction of sp³-hybridized carbons (Fsp3) is 0.385. The Kier molecular flexibility index (Phi) is 7.70. The smallest absolute Gasteiger partial charge is 0.377 e. The van der Waals surface area contributed by atoms with E-state index in [1.165, 1.54) is 22.4 Å². The van der Waals surface area contributed by atoms with Gasteiger partial charge in [0.15, 0.2) is 11.0 Å². The van der Waals surface area contributed by atoms with E-state index < -0.39 is 11.7 Å². The third kappa shape index (κ3) is 5.86. The zero-order valence-corrected chi connectivity index (χ0v) is 21.2. The van der Waals surface area contributed by atoms with Crippen molar-refractivity contribution >= 4 is 29.3 Å². The lowest BCUT2D eigenvalue weighted by atomic mass is 10.2. The minimum Gasteiger partial charge on any atom is -0.377 e. The summed E-state index contributed by atoms with van der Waals surface area (Å²) >= 11 is 1.36. The number of aromatic nitrogens is 3. The third-order valence-electron chi connectivity index (χ3n) is 6.48. The van der Waals surface area contributed by atoms with Crippen LogP contribution >= 0.6 is 11.8 Å². The molecule has 1 atom stereocenters. The van der Waals surface area contributed by atoms with Crippen LogP contribution in [0.2, 0.25) is 0 Å². The lowest BCUT2D eigenvalue weighted by Gasteiger charge is -2.16. The fourth-order valence-electron chi connectivity index (χ4n) is 4.51. The molecule has 0 bridgehead atoms. The number of halogens is 3. The van der Waals surface area contributed by atoms with Gasteiger partial charge in [-0.15, -0.1) is 10.2 Å². The molecular weight excluding hydrogens is 519 g/mol. The summed E-state index contributed by atoms with van der Waals surface area (Å²) in [5.41, 5.74) is 0.591. The number of alkyl halides is 3. The first-order valence-corrected chi connectivity index (χ1v) is 13.3. The van der Waals surface area contributed by atoms with E-state index in [9.17, 15) is 22.8 Å². The lowest BCUT2D eigenvalue weighted by Crippen LogP contribution is -2.26. The van der Waals surface area contributed by atoms with Crippen molar-refractivity contribution in [2.45, 2.75) is 49.7 Å². The highest BCUT2D eigenvalue weighted by molar-refractivity contribution is 7.99. The van der Waals surface area contributed by atoms with Gasteiger partial charge in [-0.1, -0.05) is 17.8 Å². The van der Waals surface area contributed by atoms with Gasteiger partial charge in [0.05, 0.1) is 23.9 Å². The molecule has 38 heavy (non-hydrogen) atoms. The predicted octanol–water partition coefficient (Wildman–Crippen LogP) is 4.61.